The number of carboxylic acid groups (broad SMARTS) is 1. The van der Waals surface area contributed by atoms with Gasteiger partial charge in [-0.25, -0.2) is 0 Å². The molecule has 1 aliphatic rings. The number of rotatable bonds is 7. The van der Waals surface area contributed by atoms with E-state index in [1.807, 2.05) is 43.3 Å². The van der Waals surface area contributed by atoms with Crippen molar-refractivity contribution in [1.82, 2.24) is 9.80 Å². The van der Waals surface area contributed by atoms with Crippen LogP contribution in [0.25, 0.3) is 0 Å². The second kappa shape index (κ2) is 10.4. The minimum absolute atomic E-state index is 0.111. The summed E-state index contributed by atoms with van der Waals surface area (Å²) in [5.41, 5.74) is 4.27. The van der Waals surface area contributed by atoms with E-state index in [9.17, 15) is 19.5 Å². The minimum Gasteiger partial charge on any atom is -0.497 e. The summed E-state index contributed by atoms with van der Waals surface area (Å²) in [4.78, 5) is 41.9. The zero-order chi connectivity index (χ0) is 24.9. The fourth-order valence-corrected chi connectivity index (χ4v) is 4.36. The van der Waals surface area contributed by atoms with Crippen molar-refractivity contribution < 1.29 is 24.2 Å². The molecule has 1 aliphatic heterocycles. The van der Waals surface area contributed by atoms with Crippen molar-refractivity contribution in [3.63, 3.8) is 0 Å². The first-order valence-corrected chi connectivity index (χ1v) is 11.4. The largest absolute Gasteiger partial charge is 0.497 e. The van der Waals surface area contributed by atoms with E-state index in [1.165, 1.54) is 4.90 Å². The van der Waals surface area contributed by atoms with Crippen LogP contribution in [-0.4, -0.2) is 52.4 Å². The summed E-state index contributed by atoms with van der Waals surface area (Å²) in [6, 6.07) is 21.3. The molecule has 35 heavy (non-hydrogen) atoms. The SMILES string of the molecule is COc1ccc(CN(CC(=O)O)C(=O)C2Cc3ccccc3CN2C(=O)c2ccc(C)cc2)cc1. The second-order valence-electron chi connectivity index (χ2n) is 8.72. The van der Waals surface area contributed by atoms with Gasteiger partial charge in [0.2, 0.25) is 5.91 Å². The lowest BCUT2D eigenvalue weighted by molar-refractivity contribution is -0.147. The van der Waals surface area contributed by atoms with Gasteiger partial charge in [0.15, 0.2) is 0 Å². The maximum absolute atomic E-state index is 13.8. The summed E-state index contributed by atoms with van der Waals surface area (Å²) in [6.45, 7) is 1.87. The topological polar surface area (TPSA) is 87.2 Å². The molecular weight excluding hydrogens is 444 g/mol. The number of fused-ring (bicyclic) bond motifs is 1. The van der Waals surface area contributed by atoms with E-state index in [-0.39, 0.29) is 19.0 Å². The third kappa shape index (κ3) is 5.51. The van der Waals surface area contributed by atoms with Crippen LogP contribution in [0.15, 0.2) is 72.8 Å². The van der Waals surface area contributed by atoms with Crippen molar-refractivity contribution in [2.24, 2.45) is 0 Å². The molecule has 0 bridgehead atoms. The number of benzene rings is 3. The van der Waals surface area contributed by atoms with Gasteiger partial charge < -0.3 is 19.6 Å². The van der Waals surface area contributed by atoms with Gasteiger partial charge in [0, 0.05) is 25.1 Å². The fourth-order valence-electron chi connectivity index (χ4n) is 4.36. The summed E-state index contributed by atoms with van der Waals surface area (Å²) in [6.07, 6.45) is 0.325. The van der Waals surface area contributed by atoms with Crippen LogP contribution in [0.1, 0.15) is 32.6 Å². The zero-order valence-electron chi connectivity index (χ0n) is 19.8. The predicted molar refractivity (Wildman–Crippen MR) is 131 cm³/mol. The Hall–Kier alpha value is -4.13. The number of nitrogens with zero attached hydrogens (tertiary/aromatic N) is 2. The Bertz CT molecular complexity index is 1220. The molecule has 0 spiro atoms. The van der Waals surface area contributed by atoms with Crippen LogP contribution >= 0.6 is 0 Å². The normalized spacial score (nSPS) is 14.7. The van der Waals surface area contributed by atoms with Crippen LogP contribution in [0.3, 0.4) is 0 Å². The molecule has 2 amide bonds. The van der Waals surface area contributed by atoms with Crippen LogP contribution in [-0.2, 0) is 29.1 Å². The number of carbonyl (C=O) groups is 3. The number of amides is 2. The number of aliphatic carboxylic acids is 1. The lowest BCUT2D eigenvalue weighted by atomic mass is 9.92. The van der Waals surface area contributed by atoms with Crippen molar-refractivity contribution >= 4 is 17.8 Å². The molecule has 1 N–H and O–H groups in total. The number of hydrogen-bond acceptors (Lipinski definition) is 4. The van der Waals surface area contributed by atoms with Crippen LogP contribution < -0.4 is 4.74 Å². The Morgan fingerprint density at radius 2 is 1.63 bits per heavy atom. The quantitative estimate of drug-likeness (QED) is 0.567. The first-order valence-electron chi connectivity index (χ1n) is 11.4. The van der Waals surface area contributed by atoms with Gasteiger partial charge in [-0.3, -0.25) is 14.4 Å². The van der Waals surface area contributed by atoms with Gasteiger partial charge in [-0.15, -0.1) is 0 Å². The Morgan fingerprint density at radius 1 is 0.971 bits per heavy atom. The summed E-state index contributed by atoms with van der Waals surface area (Å²) in [5, 5.41) is 9.53. The van der Waals surface area contributed by atoms with Crippen molar-refractivity contribution in [3.8, 4) is 5.75 Å². The standard InChI is InChI=1S/C28H28N2O5/c1-19-7-11-21(12-8-19)27(33)30-17-23-6-4-3-5-22(23)15-25(30)28(34)29(18-26(31)32)16-20-9-13-24(35-2)14-10-20/h3-14,25H,15-18H2,1-2H3,(H,31,32). The first-order chi connectivity index (χ1) is 16.9. The summed E-state index contributed by atoms with van der Waals surface area (Å²) in [5.74, 6) is -1.08. The molecule has 3 aromatic carbocycles. The van der Waals surface area contributed by atoms with Gasteiger partial charge >= 0.3 is 5.97 Å². The third-order valence-electron chi connectivity index (χ3n) is 6.26. The molecule has 7 heteroatoms. The van der Waals surface area contributed by atoms with Crippen LogP contribution in [0.2, 0.25) is 0 Å². The van der Waals surface area contributed by atoms with Crippen molar-refractivity contribution in [2.75, 3.05) is 13.7 Å². The zero-order valence-corrected chi connectivity index (χ0v) is 19.8. The molecule has 0 saturated carbocycles. The maximum atomic E-state index is 13.8. The smallest absolute Gasteiger partial charge is 0.323 e. The van der Waals surface area contributed by atoms with Crippen LogP contribution in [0.5, 0.6) is 5.75 Å². The first kappa shape index (κ1) is 24.0. The molecule has 4 rings (SSSR count). The highest BCUT2D eigenvalue weighted by Gasteiger charge is 2.37. The fraction of sp³-hybridized carbons (Fsp3) is 0.250. The molecule has 180 valence electrons. The number of aryl methyl sites for hydroxylation is 1. The van der Waals surface area contributed by atoms with E-state index >= 15 is 0 Å². The Labute approximate surface area is 204 Å². The van der Waals surface area contributed by atoms with Crippen molar-refractivity contribution in [2.45, 2.75) is 32.5 Å². The molecule has 1 unspecified atom stereocenters. The highest BCUT2D eigenvalue weighted by molar-refractivity contribution is 5.98. The Balaban J connectivity index is 1.66. The van der Waals surface area contributed by atoms with Crippen molar-refractivity contribution in [3.05, 3.63) is 101 Å². The Kier molecular flexibility index (Phi) is 7.15. The average molecular weight is 473 g/mol. The van der Waals surface area contributed by atoms with E-state index < -0.39 is 24.5 Å². The molecule has 0 aliphatic carbocycles. The predicted octanol–water partition coefficient (Wildman–Crippen LogP) is 3.68. The molecule has 0 aromatic heterocycles. The van der Waals surface area contributed by atoms with Gasteiger partial charge in [-0.1, -0.05) is 54.1 Å². The van der Waals surface area contributed by atoms with Gasteiger partial charge in [0.05, 0.1) is 7.11 Å². The van der Waals surface area contributed by atoms with E-state index in [0.717, 1.165) is 22.3 Å². The third-order valence-corrected chi connectivity index (χ3v) is 6.26. The van der Waals surface area contributed by atoms with E-state index in [4.69, 9.17) is 4.74 Å². The summed E-state index contributed by atoms with van der Waals surface area (Å²) < 4.78 is 5.19. The monoisotopic (exact) mass is 472 g/mol. The number of ether oxygens (including phenoxy) is 1. The maximum Gasteiger partial charge on any atom is 0.323 e. The number of hydrogen-bond donors (Lipinski definition) is 1. The van der Waals surface area contributed by atoms with Crippen LogP contribution in [0, 0.1) is 6.92 Å². The average Bonchev–Trinajstić information content (AvgIpc) is 2.87. The molecule has 1 atom stereocenters. The number of methoxy groups -OCH3 is 1. The lowest BCUT2D eigenvalue weighted by Gasteiger charge is -2.38. The Morgan fingerprint density at radius 3 is 2.26 bits per heavy atom. The van der Waals surface area contributed by atoms with Gasteiger partial charge in [0.25, 0.3) is 5.91 Å². The van der Waals surface area contributed by atoms with Crippen molar-refractivity contribution in [1.29, 1.82) is 0 Å². The molecule has 3 aromatic rings. The molecule has 1 heterocycles. The highest BCUT2D eigenvalue weighted by Crippen LogP contribution is 2.27. The van der Waals surface area contributed by atoms with E-state index in [2.05, 4.69) is 0 Å². The lowest BCUT2D eigenvalue weighted by Crippen LogP contribution is -2.54. The molecule has 7 nitrogen and oxygen atoms in total. The number of carbonyl (C=O) groups excluding carboxylic acids is 2. The molecule has 0 fully saturated rings. The van der Waals surface area contributed by atoms with E-state index in [0.29, 0.717) is 17.7 Å². The molecule has 0 radical (unpaired) electrons. The second-order valence-corrected chi connectivity index (χ2v) is 8.72. The number of carboxylic acids is 1. The van der Waals surface area contributed by atoms with Gasteiger partial charge in [-0.05, 0) is 47.9 Å². The van der Waals surface area contributed by atoms with Gasteiger partial charge in [-0.2, -0.15) is 0 Å². The molecule has 0 saturated heterocycles. The minimum atomic E-state index is -1.11. The highest BCUT2D eigenvalue weighted by atomic mass is 16.5. The summed E-state index contributed by atoms with van der Waals surface area (Å²) in [7, 11) is 1.57. The van der Waals surface area contributed by atoms with Crippen LogP contribution in [0.4, 0.5) is 0 Å². The van der Waals surface area contributed by atoms with Gasteiger partial charge in [0.1, 0.15) is 18.3 Å². The summed E-state index contributed by atoms with van der Waals surface area (Å²) >= 11 is 0. The molecular formula is C28H28N2O5. The van der Waals surface area contributed by atoms with E-state index in [1.54, 1.807) is 48.4 Å².